The summed E-state index contributed by atoms with van der Waals surface area (Å²) in [6.07, 6.45) is -0.278. The van der Waals surface area contributed by atoms with Crippen LogP contribution in [-0.4, -0.2) is 48.2 Å². The number of carboxylic acids is 1. The van der Waals surface area contributed by atoms with Crippen LogP contribution in [0.25, 0.3) is 0 Å². The number of urea groups is 1. The Labute approximate surface area is 109 Å². The number of ether oxygens (including phenoxy) is 1. The summed E-state index contributed by atoms with van der Waals surface area (Å²) in [5.41, 5.74) is 4.93. The Hall–Kier alpha value is -2.32. The third-order valence-corrected chi connectivity index (χ3v) is 2.24. The molecule has 0 aromatic rings. The summed E-state index contributed by atoms with van der Waals surface area (Å²) in [5.74, 6) is -2.64. The lowest BCUT2D eigenvalue weighted by atomic mass is 10.1. The van der Waals surface area contributed by atoms with Gasteiger partial charge < -0.3 is 26.2 Å². The number of amides is 3. The Bertz CT molecular complexity index is 370. The fourth-order valence-corrected chi connectivity index (χ4v) is 1.09. The second-order valence-electron chi connectivity index (χ2n) is 3.75. The Balaban J connectivity index is 4.34. The summed E-state index contributed by atoms with van der Waals surface area (Å²) in [5, 5.41) is 13.1. The molecule has 0 aromatic carbocycles. The molecule has 0 saturated heterocycles. The molecular formula is C10H17N3O6. The van der Waals surface area contributed by atoms with Crippen LogP contribution in [0.5, 0.6) is 0 Å². The summed E-state index contributed by atoms with van der Waals surface area (Å²) in [6.45, 7) is 1.35. The van der Waals surface area contributed by atoms with Gasteiger partial charge in [0.1, 0.15) is 12.1 Å². The number of carbonyl (C=O) groups is 4. The smallest absolute Gasteiger partial charge is 0.326 e. The van der Waals surface area contributed by atoms with Crippen LogP contribution in [0.1, 0.15) is 19.8 Å². The number of methoxy groups -OCH3 is 1. The molecule has 108 valence electrons. The minimum absolute atomic E-state index is 0.125. The van der Waals surface area contributed by atoms with Gasteiger partial charge in [0, 0.05) is 6.42 Å². The molecule has 0 bridgehead atoms. The van der Waals surface area contributed by atoms with Crippen LogP contribution in [0.15, 0.2) is 0 Å². The number of nitrogens with two attached hydrogens (primary N) is 1. The van der Waals surface area contributed by atoms with Crippen LogP contribution >= 0.6 is 0 Å². The van der Waals surface area contributed by atoms with Gasteiger partial charge in [-0.05, 0) is 13.3 Å². The van der Waals surface area contributed by atoms with Crippen molar-refractivity contribution in [3.63, 3.8) is 0 Å². The maximum Gasteiger partial charge on any atom is 0.326 e. The Morgan fingerprint density at radius 1 is 1.26 bits per heavy atom. The first kappa shape index (κ1) is 16.7. The lowest BCUT2D eigenvalue weighted by Crippen LogP contribution is -2.51. The molecule has 9 nitrogen and oxygen atoms in total. The minimum Gasteiger partial charge on any atom is -0.480 e. The van der Waals surface area contributed by atoms with Crippen LogP contribution in [-0.2, 0) is 19.1 Å². The zero-order chi connectivity index (χ0) is 15.0. The SMILES string of the molecule is COC(=O)CC[C@@H](NC(=O)NC(C)C(N)=O)C(=O)O. The highest BCUT2D eigenvalue weighted by molar-refractivity contribution is 5.87. The molecule has 0 spiro atoms. The molecular weight excluding hydrogens is 258 g/mol. The predicted molar refractivity (Wildman–Crippen MR) is 63.0 cm³/mol. The number of hydrogen-bond acceptors (Lipinski definition) is 5. The van der Waals surface area contributed by atoms with Gasteiger partial charge in [-0.2, -0.15) is 0 Å². The first-order chi connectivity index (χ1) is 8.77. The van der Waals surface area contributed by atoms with Crippen molar-refractivity contribution in [3.8, 4) is 0 Å². The zero-order valence-electron chi connectivity index (χ0n) is 10.6. The summed E-state index contributed by atoms with van der Waals surface area (Å²) < 4.78 is 4.36. The van der Waals surface area contributed by atoms with E-state index in [9.17, 15) is 19.2 Å². The third kappa shape index (κ3) is 6.86. The molecule has 1 unspecified atom stereocenters. The van der Waals surface area contributed by atoms with Crippen LogP contribution in [0, 0.1) is 0 Å². The molecule has 0 rings (SSSR count). The average molecular weight is 275 g/mol. The van der Waals surface area contributed by atoms with E-state index in [0.717, 1.165) is 0 Å². The normalized spacial score (nSPS) is 12.9. The van der Waals surface area contributed by atoms with Crippen LogP contribution < -0.4 is 16.4 Å². The summed E-state index contributed by atoms with van der Waals surface area (Å²) in [7, 11) is 1.17. The quantitative estimate of drug-likeness (QED) is 0.418. The molecule has 0 aromatic heterocycles. The van der Waals surface area contributed by atoms with E-state index in [-0.39, 0.29) is 12.8 Å². The van der Waals surface area contributed by atoms with Crippen molar-refractivity contribution in [3.05, 3.63) is 0 Å². The number of carboxylic acid groups (broad SMARTS) is 1. The van der Waals surface area contributed by atoms with Gasteiger partial charge in [0.2, 0.25) is 5.91 Å². The molecule has 5 N–H and O–H groups in total. The number of esters is 1. The second kappa shape index (κ2) is 7.90. The topological polar surface area (TPSA) is 148 Å². The van der Waals surface area contributed by atoms with E-state index in [1.54, 1.807) is 0 Å². The van der Waals surface area contributed by atoms with Crippen molar-refractivity contribution >= 4 is 23.9 Å². The molecule has 0 saturated carbocycles. The van der Waals surface area contributed by atoms with E-state index in [4.69, 9.17) is 10.8 Å². The van der Waals surface area contributed by atoms with Gasteiger partial charge in [-0.15, -0.1) is 0 Å². The first-order valence-electron chi connectivity index (χ1n) is 5.44. The van der Waals surface area contributed by atoms with Crippen molar-refractivity contribution in [1.82, 2.24) is 10.6 Å². The van der Waals surface area contributed by atoms with Gasteiger partial charge in [-0.3, -0.25) is 9.59 Å². The van der Waals surface area contributed by atoms with Gasteiger partial charge in [0.05, 0.1) is 7.11 Å². The molecule has 0 heterocycles. The van der Waals surface area contributed by atoms with Crippen molar-refractivity contribution in [1.29, 1.82) is 0 Å². The van der Waals surface area contributed by atoms with Crippen molar-refractivity contribution in [2.75, 3.05) is 7.11 Å². The highest BCUT2D eigenvalue weighted by Crippen LogP contribution is 1.99. The lowest BCUT2D eigenvalue weighted by Gasteiger charge is -2.16. The zero-order valence-corrected chi connectivity index (χ0v) is 10.6. The van der Waals surface area contributed by atoms with E-state index < -0.39 is 36.0 Å². The Morgan fingerprint density at radius 2 is 1.84 bits per heavy atom. The first-order valence-corrected chi connectivity index (χ1v) is 5.44. The van der Waals surface area contributed by atoms with Crippen molar-refractivity contribution < 1.29 is 29.0 Å². The van der Waals surface area contributed by atoms with E-state index in [2.05, 4.69) is 15.4 Å². The molecule has 2 atom stereocenters. The van der Waals surface area contributed by atoms with Gasteiger partial charge in [0.15, 0.2) is 0 Å². The Morgan fingerprint density at radius 3 is 2.26 bits per heavy atom. The number of aliphatic carboxylic acids is 1. The highest BCUT2D eigenvalue weighted by atomic mass is 16.5. The Kier molecular flexibility index (Phi) is 6.94. The van der Waals surface area contributed by atoms with Gasteiger partial charge in [-0.1, -0.05) is 0 Å². The molecule has 19 heavy (non-hydrogen) atoms. The minimum atomic E-state index is -1.30. The third-order valence-electron chi connectivity index (χ3n) is 2.24. The highest BCUT2D eigenvalue weighted by Gasteiger charge is 2.22. The van der Waals surface area contributed by atoms with Crippen LogP contribution in [0.2, 0.25) is 0 Å². The van der Waals surface area contributed by atoms with E-state index in [0.29, 0.717) is 0 Å². The fourth-order valence-electron chi connectivity index (χ4n) is 1.09. The fraction of sp³-hybridized carbons (Fsp3) is 0.600. The van der Waals surface area contributed by atoms with E-state index in [1.165, 1.54) is 14.0 Å². The number of nitrogens with one attached hydrogen (secondary N) is 2. The molecule has 9 heteroatoms. The van der Waals surface area contributed by atoms with Gasteiger partial charge in [0.25, 0.3) is 0 Å². The van der Waals surface area contributed by atoms with Crippen LogP contribution in [0.4, 0.5) is 4.79 Å². The maximum absolute atomic E-state index is 11.4. The molecule has 3 amide bonds. The average Bonchev–Trinajstić information content (AvgIpc) is 2.33. The monoisotopic (exact) mass is 275 g/mol. The van der Waals surface area contributed by atoms with Gasteiger partial charge >= 0.3 is 18.0 Å². The predicted octanol–water partition coefficient (Wildman–Crippen LogP) is -1.43. The summed E-state index contributed by atoms with van der Waals surface area (Å²) in [4.78, 5) is 43.8. The van der Waals surface area contributed by atoms with E-state index >= 15 is 0 Å². The van der Waals surface area contributed by atoms with Gasteiger partial charge in [-0.25, -0.2) is 9.59 Å². The van der Waals surface area contributed by atoms with Crippen molar-refractivity contribution in [2.24, 2.45) is 5.73 Å². The van der Waals surface area contributed by atoms with E-state index in [1.807, 2.05) is 0 Å². The standard InChI is InChI=1S/C10H17N3O6/c1-5(8(11)15)12-10(18)13-6(9(16)17)3-4-7(14)19-2/h5-6H,3-4H2,1-2H3,(H2,11,15)(H,16,17)(H2,12,13,18)/t5?,6-/m1/s1. The number of carbonyl (C=O) groups excluding carboxylic acids is 3. The molecule has 0 aliphatic rings. The molecule has 0 radical (unpaired) electrons. The van der Waals surface area contributed by atoms with Crippen LogP contribution in [0.3, 0.4) is 0 Å². The lowest BCUT2D eigenvalue weighted by molar-refractivity contribution is -0.142. The maximum atomic E-state index is 11.4. The molecule has 0 fully saturated rings. The number of primary amides is 1. The molecule has 0 aliphatic carbocycles. The number of hydrogen-bond donors (Lipinski definition) is 4. The summed E-state index contributed by atoms with van der Waals surface area (Å²) >= 11 is 0. The van der Waals surface area contributed by atoms with Crippen molar-refractivity contribution in [2.45, 2.75) is 31.8 Å². The number of rotatable bonds is 7. The largest absolute Gasteiger partial charge is 0.480 e. The molecule has 0 aliphatic heterocycles. The summed E-state index contributed by atoms with van der Waals surface area (Å²) in [6, 6.07) is -3.06. The second-order valence-corrected chi connectivity index (χ2v) is 3.75.